The van der Waals surface area contributed by atoms with Gasteiger partial charge in [-0.1, -0.05) is 25.5 Å². The molecule has 0 spiro atoms. The molecule has 0 heterocycles. The molecule has 1 aromatic carbocycles. The van der Waals surface area contributed by atoms with Gasteiger partial charge >= 0.3 is 0 Å². The van der Waals surface area contributed by atoms with Crippen LogP contribution < -0.4 is 0 Å². The van der Waals surface area contributed by atoms with Gasteiger partial charge in [-0.3, -0.25) is 14.9 Å². The van der Waals surface area contributed by atoms with Crippen molar-refractivity contribution in [2.75, 3.05) is 13.1 Å². The molecule has 5 nitrogen and oxygen atoms in total. The first kappa shape index (κ1) is 15.9. The van der Waals surface area contributed by atoms with Crippen molar-refractivity contribution in [2.45, 2.75) is 26.7 Å². The van der Waals surface area contributed by atoms with E-state index in [4.69, 9.17) is 0 Å². The number of nitrogens with zero attached hydrogens (tertiary/aromatic N) is 2. The smallest absolute Gasteiger partial charge is 0.270 e. The van der Waals surface area contributed by atoms with E-state index in [0.29, 0.717) is 12.1 Å². The van der Waals surface area contributed by atoms with E-state index in [-0.39, 0.29) is 11.6 Å². The van der Waals surface area contributed by atoms with E-state index in [1.165, 1.54) is 18.2 Å². The van der Waals surface area contributed by atoms with Gasteiger partial charge in [-0.05, 0) is 25.0 Å². The predicted octanol–water partition coefficient (Wildman–Crippen LogP) is 3.26. The van der Waals surface area contributed by atoms with Crippen LogP contribution in [0.5, 0.6) is 0 Å². The molecule has 0 N–H and O–H groups in total. The second-order valence-corrected chi connectivity index (χ2v) is 4.46. The van der Waals surface area contributed by atoms with Gasteiger partial charge in [0.05, 0.1) is 4.92 Å². The zero-order valence-electron chi connectivity index (χ0n) is 11.9. The van der Waals surface area contributed by atoms with Crippen LogP contribution in [0.15, 0.2) is 30.3 Å². The van der Waals surface area contributed by atoms with E-state index in [0.717, 1.165) is 19.4 Å². The fraction of sp³-hybridized carbons (Fsp3) is 0.400. The van der Waals surface area contributed by atoms with Gasteiger partial charge in [0, 0.05) is 31.3 Å². The summed E-state index contributed by atoms with van der Waals surface area (Å²) in [6.07, 6.45) is 5.10. The molecule has 0 radical (unpaired) electrons. The monoisotopic (exact) mass is 276 g/mol. The summed E-state index contributed by atoms with van der Waals surface area (Å²) in [5.41, 5.74) is 0.678. The van der Waals surface area contributed by atoms with Crippen LogP contribution in [0.4, 0.5) is 5.69 Å². The molecule has 0 atom stereocenters. The number of amides is 1. The van der Waals surface area contributed by atoms with Gasteiger partial charge in [-0.2, -0.15) is 0 Å². The summed E-state index contributed by atoms with van der Waals surface area (Å²) >= 11 is 0. The van der Waals surface area contributed by atoms with Crippen LogP contribution >= 0.6 is 0 Å². The lowest BCUT2D eigenvalue weighted by Crippen LogP contribution is -2.30. The molecule has 0 aliphatic rings. The first-order valence-electron chi connectivity index (χ1n) is 6.80. The molecule has 0 saturated carbocycles. The quantitative estimate of drug-likeness (QED) is 0.436. The molecule has 20 heavy (non-hydrogen) atoms. The number of hydrogen-bond donors (Lipinski definition) is 0. The maximum absolute atomic E-state index is 12.0. The Morgan fingerprint density at radius 1 is 1.40 bits per heavy atom. The van der Waals surface area contributed by atoms with E-state index >= 15 is 0 Å². The molecule has 0 fully saturated rings. The topological polar surface area (TPSA) is 63.5 Å². The summed E-state index contributed by atoms with van der Waals surface area (Å²) in [7, 11) is 0. The Balaban J connectivity index is 2.73. The largest absolute Gasteiger partial charge is 0.339 e. The summed E-state index contributed by atoms with van der Waals surface area (Å²) in [6, 6.07) is 6.22. The molecular weight excluding hydrogens is 256 g/mol. The first-order chi connectivity index (χ1) is 9.58. The molecule has 0 aliphatic heterocycles. The van der Waals surface area contributed by atoms with Crippen molar-refractivity contribution in [2.24, 2.45) is 0 Å². The highest BCUT2D eigenvalue weighted by atomic mass is 16.6. The van der Waals surface area contributed by atoms with Crippen molar-refractivity contribution in [1.29, 1.82) is 0 Å². The van der Waals surface area contributed by atoms with E-state index < -0.39 is 4.92 Å². The second kappa shape index (κ2) is 8.09. The lowest BCUT2D eigenvalue weighted by Gasteiger charge is -2.18. The lowest BCUT2D eigenvalue weighted by atomic mass is 10.2. The normalized spacial score (nSPS) is 10.7. The highest BCUT2D eigenvalue weighted by Crippen LogP contribution is 2.14. The van der Waals surface area contributed by atoms with E-state index in [2.05, 4.69) is 6.92 Å². The van der Waals surface area contributed by atoms with E-state index in [1.807, 2.05) is 6.92 Å². The lowest BCUT2D eigenvalue weighted by molar-refractivity contribution is -0.384. The standard InChI is InChI=1S/C15H20N2O3/c1-3-5-11-16(4-2)15(18)10-9-13-7-6-8-14(12-13)17(19)20/h6-10,12H,3-5,11H2,1-2H3/b10-9+. The average Bonchev–Trinajstić information content (AvgIpc) is 2.46. The molecule has 0 saturated heterocycles. The number of carbonyl (C=O) groups excluding carboxylic acids is 1. The van der Waals surface area contributed by atoms with Crippen LogP contribution in [0.3, 0.4) is 0 Å². The molecule has 5 heteroatoms. The first-order valence-corrected chi connectivity index (χ1v) is 6.80. The van der Waals surface area contributed by atoms with Gasteiger partial charge in [0.15, 0.2) is 0 Å². The van der Waals surface area contributed by atoms with Crippen molar-refractivity contribution in [3.05, 3.63) is 46.0 Å². The minimum atomic E-state index is -0.446. The highest BCUT2D eigenvalue weighted by Gasteiger charge is 2.08. The average molecular weight is 276 g/mol. The molecule has 108 valence electrons. The molecule has 0 aliphatic carbocycles. The van der Waals surface area contributed by atoms with Crippen molar-refractivity contribution < 1.29 is 9.72 Å². The number of nitro groups is 1. The van der Waals surface area contributed by atoms with Gasteiger partial charge in [-0.25, -0.2) is 0 Å². The summed E-state index contributed by atoms with van der Waals surface area (Å²) in [4.78, 5) is 24.0. The number of likely N-dealkylation sites (N-methyl/N-ethyl adjacent to an activating group) is 1. The second-order valence-electron chi connectivity index (χ2n) is 4.46. The SMILES string of the molecule is CCCCN(CC)C(=O)/C=C/c1cccc([N+](=O)[O-])c1. The number of nitro benzene ring substituents is 1. The van der Waals surface area contributed by atoms with Gasteiger partial charge < -0.3 is 4.90 Å². The third kappa shape index (κ3) is 4.84. The van der Waals surface area contributed by atoms with Crippen molar-refractivity contribution in [1.82, 2.24) is 4.90 Å². The van der Waals surface area contributed by atoms with Crippen molar-refractivity contribution in [3.8, 4) is 0 Å². The highest BCUT2D eigenvalue weighted by molar-refractivity contribution is 5.91. The molecule has 1 rings (SSSR count). The molecule has 0 aromatic heterocycles. The number of carbonyl (C=O) groups is 1. The Morgan fingerprint density at radius 3 is 2.75 bits per heavy atom. The number of unbranched alkanes of at least 4 members (excludes halogenated alkanes) is 1. The zero-order chi connectivity index (χ0) is 15.0. The zero-order valence-corrected chi connectivity index (χ0v) is 11.9. The number of rotatable bonds is 7. The fourth-order valence-electron chi connectivity index (χ4n) is 1.79. The number of non-ortho nitro benzene ring substituents is 1. The maximum Gasteiger partial charge on any atom is 0.270 e. The summed E-state index contributed by atoms with van der Waals surface area (Å²) in [5.74, 6) is -0.0625. The Labute approximate surface area is 119 Å². The van der Waals surface area contributed by atoms with E-state index in [1.54, 1.807) is 23.1 Å². The minimum absolute atomic E-state index is 0.0259. The third-order valence-corrected chi connectivity index (χ3v) is 2.97. The maximum atomic E-state index is 12.0. The summed E-state index contributed by atoms with van der Waals surface area (Å²) in [5, 5.41) is 10.7. The van der Waals surface area contributed by atoms with Crippen LogP contribution in [0.25, 0.3) is 6.08 Å². The van der Waals surface area contributed by atoms with Crippen LogP contribution in [0.1, 0.15) is 32.3 Å². The Bertz CT molecular complexity index is 498. The van der Waals surface area contributed by atoms with Gasteiger partial charge in [0.25, 0.3) is 5.69 Å². The Morgan fingerprint density at radius 2 is 2.15 bits per heavy atom. The predicted molar refractivity (Wildman–Crippen MR) is 79.3 cm³/mol. The Kier molecular flexibility index (Phi) is 6.43. The molecular formula is C15H20N2O3. The third-order valence-electron chi connectivity index (χ3n) is 2.97. The van der Waals surface area contributed by atoms with Gasteiger partial charge in [-0.15, -0.1) is 0 Å². The fourth-order valence-corrected chi connectivity index (χ4v) is 1.79. The number of benzene rings is 1. The van der Waals surface area contributed by atoms with Crippen LogP contribution in [0.2, 0.25) is 0 Å². The van der Waals surface area contributed by atoms with Crippen LogP contribution in [-0.4, -0.2) is 28.8 Å². The summed E-state index contributed by atoms with van der Waals surface area (Å²) < 4.78 is 0. The van der Waals surface area contributed by atoms with E-state index in [9.17, 15) is 14.9 Å². The molecule has 1 aromatic rings. The molecule has 1 amide bonds. The minimum Gasteiger partial charge on any atom is -0.339 e. The molecule has 0 unspecified atom stereocenters. The number of hydrogen-bond acceptors (Lipinski definition) is 3. The van der Waals surface area contributed by atoms with Gasteiger partial charge in [0.1, 0.15) is 0 Å². The van der Waals surface area contributed by atoms with Crippen molar-refractivity contribution >= 4 is 17.7 Å². The van der Waals surface area contributed by atoms with Crippen LogP contribution in [0, 0.1) is 10.1 Å². The van der Waals surface area contributed by atoms with Gasteiger partial charge in [0.2, 0.25) is 5.91 Å². The molecule has 0 bridgehead atoms. The Hall–Kier alpha value is -2.17. The van der Waals surface area contributed by atoms with Crippen molar-refractivity contribution in [3.63, 3.8) is 0 Å². The summed E-state index contributed by atoms with van der Waals surface area (Å²) in [6.45, 7) is 5.43. The van der Waals surface area contributed by atoms with Crippen LogP contribution in [-0.2, 0) is 4.79 Å².